The standard InChI is InChI=1S/C6H7FN2O4S/c1-8-3-4(14(7,12)13)5(10)9(2)6(8)11/h3H,1-2H3. The quantitative estimate of drug-likeness (QED) is 0.556. The van der Waals surface area contributed by atoms with Crippen molar-refractivity contribution >= 4 is 10.2 Å². The first-order valence-corrected chi connectivity index (χ1v) is 4.85. The molecule has 78 valence electrons. The third-order valence-corrected chi connectivity index (χ3v) is 2.48. The van der Waals surface area contributed by atoms with Crippen molar-refractivity contribution in [1.29, 1.82) is 0 Å². The number of hydrogen-bond acceptors (Lipinski definition) is 4. The first kappa shape index (κ1) is 10.6. The van der Waals surface area contributed by atoms with E-state index in [4.69, 9.17) is 0 Å². The molecule has 0 unspecified atom stereocenters. The van der Waals surface area contributed by atoms with Gasteiger partial charge in [-0.15, -0.1) is 3.89 Å². The highest BCUT2D eigenvalue weighted by Crippen LogP contribution is 2.03. The van der Waals surface area contributed by atoms with Gasteiger partial charge in [0.25, 0.3) is 5.56 Å². The summed E-state index contributed by atoms with van der Waals surface area (Å²) >= 11 is 0. The molecule has 1 aromatic rings. The SMILES string of the molecule is Cn1cc(S(=O)(=O)F)c(=O)n(C)c1=O. The molecule has 0 spiro atoms. The molecule has 1 heterocycles. The van der Waals surface area contributed by atoms with Gasteiger partial charge in [-0.25, -0.2) is 4.79 Å². The van der Waals surface area contributed by atoms with E-state index in [9.17, 15) is 21.9 Å². The van der Waals surface area contributed by atoms with Crippen molar-refractivity contribution in [3.05, 3.63) is 27.0 Å². The minimum Gasteiger partial charge on any atom is -0.302 e. The molecule has 0 atom stereocenters. The Morgan fingerprint density at radius 2 is 1.79 bits per heavy atom. The molecule has 0 aliphatic rings. The van der Waals surface area contributed by atoms with Gasteiger partial charge >= 0.3 is 15.9 Å². The largest absolute Gasteiger partial charge is 0.339 e. The smallest absolute Gasteiger partial charge is 0.302 e. The minimum atomic E-state index is -5.09. The summed E-state index contributed by atoms with van der Waals surface area (Å²) in [7, 11) is -2.80. The average molecular weight is 222 g/mol. The maximum atomic E-state index is 12.5. The van der Waals surface area contributed by atoms with Gasteiger partial charge in [-0.05, 0) is 0 Å². The highest BCUT2D eigenvalue weighted by molar-refractivity contribution is 7.86. The molecule has 1 rings (SSSR count). The van der Waals surface area contributed by atoms with Crippen LogP contribution in [-0.4, -0.2) is 17.6 Å². The van der Waals surface area contributed by atoms with Crippen LogP contribution in [0.1, 0.15) is 0 Å². The molecule has 0 amide bonds. The first-order valence-electron chi connectivity index (χ1n) is 3.46. The monoisotopic (exact) mass is 222 g/mol. The zero-order valence-electron chi connectivity index (χ0n) is 7.39. The molecular weight excluding hydrogens is 215 g/mol. The Morgan fingerprint density at radius 3 is 2.21 bits per heavy atom. The van der Waals surface area contributed by atoms with Crippen molar-refractivity contribution in [3.63, 3.8) is 0 Å². The molecule has 14 heavy (non-hydrogen) atoms. The number of aryl methyl sites for hydroxylation is 1. The third-order valence-electron chi connectivity index (χ3n) is 1.68. The van der Waals surface area contributed by atoms with E-state index in [0.29, 0.717) is 10.8 Å². The van der Waals surface area contributed by atoms with E-state index in [1.165, 1.54) is 7.05 Å². The van der Waals surface area contributed by atoms with E-state index in [-0.39, 0.29) is 0 Å². The van der Waals surface area contributed by atoms with E-state index in [1.807, 2.05) is 0 Å². The summed E-state index contributed by atoms with van der Waals surface area (Å²) in [5, 5.41) is 0. The number of aromatic nitrogens is 2. The van der Waals surface area contributed by atoms with Gasteiger partial charge in [-0.1, -0.05) is 0 Å². The molecule has 0 radical (unpaired) electrons. The van der Waals surface area contributed by atoms with Crippen molar-refractivity contribution in [1.82, 2.24) is 9.13 Å². The number of rotatable bonds is 1. The van der Waals surface area contributed by atoms with Gasteiger partial charge in [0.15, 0.2) is 4.90 Å². The van der Waals surface area contributed by atoms with Crippen LogP contribution in [0.5, 0.6) is 0 Å². The van der Waals surface area contributed by atoms with E-state index in [2.05, 4.69) is 0 Å². The molecule has 0 aliphatic carbocycles. The van der Waals surface area contributed by atoms with Gasteiger partial charge < -0.3 is 4.57 Å². The molecular formula is C6H7FN2O4S. The van der Waals surface area contributed by atoms with Crippen molar-refractivity contribution in [2.24, 2.45) is 14.1 Å². The fraction of sp³-hybridized carbons (Fsp3) is 0.333. The second-order valence-corrected chi connectivity index (χ2v) is 4.00. The van der Waals surface area contributed by atoms with E-state index < -0.39 is 26.4 Å². The first-order chi connectivity index (χ1) is 6.25. The minimum absolute atomic E-state index is 0.520. The van der Waals surface area contributed by atoms with Crippen LogP contribution < -0.4 is 11.2 Å². The second-order valence-electron chi connectivity index (χ2n) is 2.69. The van der Waals surface area contributed by atoms with Crippen LogP contribution >= 0.6 is 0 Å². The molecule has 0 aliphatic heterocycles. The Morgan fingerprint density at radius 1 is 1.29 bits per heavy atom. The van der Waals surface area contributed by atoms with Crippen molar-refractivity contribution in [3.8, 4) is 0 Å². The molecule has 1 aromatic heterocycles. The molecule has 6 nitrogen and oxygen atoms in total. The van der Waals surface area contributed by atoms with Crippen LogP contribution in [0.2, 0.25) is 0 Å². The van der Waals surface area contributed by atoms with Gasteiger partial charge in [0.1, 0.15) is 0 Å². The van der Waals surface area contributed by atoms with Crippen LogP contribution in [-0.2, 0) is 24.3 Å². The van der Waals surface area contributed by atoms with E-state index in [0.717, 1.165) is 11.6 Å². The molecule has 0 bridgehead atoms. The molecule has 8 heteroatoms. The van der Waals surface area contributed by atoms with Crippen LogP contribution in [0.25, 0.3) is 0 Å². The van der Waals surface area contributed by atoms with Gasteiger partial charge in [0.2, 0.25) is 0 Å². The van der Waals surface area contributed by atoms with Gasteiger partial charge in [0, 0.05) is 20.3 Å². The Balaban J connectivity index is 3.85. The van der Waals surface area contributed by atoms with Gasteiger partial charge in [-0.3, -0.25) is 9.36 Å². The number of nitrogens with zero attached hydrogens (tertiary/aromatic N) is 2. The van der Waals surface area contributed by atoms with E-state index in [1.54, 1.807) is 0 Å². The van der Waals surface area contributed by atoms with Crippen molar-refractivity contribution in [2.45, 2.75) is 4.90 Å². The molecule has 0 fully saturated rings. The van der Waals surface area contributed by atoms with Crippen LogP contribution in [0.4, 0.5) is 3.89 Å². The zero-order valence-corrected chi connectivity index (χ0v) is 8.21. The lowest BCUT2D eigenvalue weighted by atomic mass is 10.6. The normalized spacial score (nSPS) is 11.6. The fourth-order valence-electron chi connectivity index (χ4n) is 0.942. The topological polar surface area (TPSA) is 78.1 Å². The van der Waals surface area contributed by atoms with E-state index >= 15 is 0 Å². The zero-order chi connectivity index (χ0) is 11.1. The Labute approximate surface area is 78.4 Å². The third kappa shape index (κ3) is 1.60. The predicted molar refractivity (Wildman–Crippen MR) is 45.2 cm³/mol. The average Bonchev–Trinajstić information content (AvgIpc) is 2.06. The van der Waals surface area contributed by atoms with Gasteiger partial charge in [-0.2, -0.15) is 8.42 Å². The summed E-state index contributed by atoms with van der Waals surface area (Å²) in [6.45, 7) is 0. The van der Waals surface area contributed by atoms with Crippen LogP contribution in [0, 0.1) is 0 Å². The van der Waals surface area contributed by atoms with Crippen molar-refractivity contribution in [2.75, 3.05) is 0 Å². The molecule has 0 saturated carbocycles. The van der Waals surface area contributed by atoms with Gasteiger partial charge in [0.05, 0.1) is 0 Å². The maximum Gasteiger partial charge on any atom is 0.339 e. The summed E-state index contributed by atoms with van der Waals surface area (Å²) in [4.78, 5) is 21.2. The number of hydrogen-bond donors (Lipinski definition) is 0. The number of halogens is 1. The van der Waals surface area contributed by atoms with Crippen molar-refractivity contribution < 1.29 is 12.3 Å². The molecule has 0 N–H and O–H groups in total. The van der Waals surface area contributed by atoms with Crippen LogP contribution in [0.3, 0.4) is 0 Å². The lowest BCUT2D eigenvalue weighted by molar-refractivity contribution is 0.543. The molecule has 0 aromatic carbocycles. The lowest BCUT2D eigenvalue weighted by Crippen LogP contribution is -2.38. The molecule has 0 saturated heterocycles. The Kier molecular flexibility index (Phi) is 2.32. The maximum absolute atomic E-state index is 12.5. The summed E-state index contributed by atoms with van der Waals surface area (Å²) < 4.78 is 34.8. The fourth-order valence-corrected chi connectivity index (χ4v) is 1.57. The Hall–Kier alpha value is -1.44. The predicted octanol–water partition coefficient (Wildman–Crippen LogP) is -1.26. The summed E-state index contributed by atoms with van der Waals surface area (Å²) in [6.07, 6.45) is 0.653. The summed E-state index contributed by atoms with van der Waals surface area (Å²) in [5.74, 6) is 0. The summed E-state index contributed by atoms with van der Waals surface area (Å²) in [5.41, 5.74) is -1.89. The lowest BCUT2D eigenvalue weighted by Gasteiger charge is -2.02. The Bertz CT molecular complexity index is 583. The van der Waals surface area contributed by atoms with Crippen LogP contribution in [0.15, 0.2) is 20.7 Å². The highest BCUT2D eigenvalue weighted by atomic mass is 32.3. The summed E-state index contributed by atoms with van der Waals surface area (Å²) in [6, 6.07) is 0. The second kappa shape index (κ2) is 3.05. The highest BCUT2D eigenvalue weighted by Gasteiger charge is 2.19.